The van der Waals surface area contributed by atoms with E-state index in [0.29, 0.717) is 22.4 Å². The summed E-state index contributed by atoms with van der Waals surface area (Å²) in [5, 5.41) is 3.05. The third kappa shape index (κ3) is 3.78. The van der Waals surface area contributed by atoms with Crippen LogP contribution in [0.2, 0.25) is 0 Å². The van der Waals surface area contributed by atoms with Crippen molar-refractivity contribution in [3.8, 4) is 0 Å². The summed E-state index contributed by atoms with van der Waals surface area (Å²) in [7, 11) is 0. The first-order valence-corrected chi connectivity index (χ1v) is 11.3. The second-order valence-electron chi connectivity index (χ2n) is 9.26. The smallest absolute Gasteiger partial charge is 0.266 e. The van der Waals surface area contributed by atoms with Gasteiger partial charge in [0.2, 0.25) is 0 Å². The van der Waals surface area contributed by atoms with E-state index in [9.17, 15) is 14.4 Å². The van der Waals surface area contributed by atoms with Crippen LogP contribution >= 0.6 is 0 Å². The number of para-hydroxylation sites is 1. The van der Waals surface area contributed by atoms with Gasteiger partial charge in [0, 0.05) is 11.6 Å². The van der Waals surface area contributed by atoms with E-state index in [-0.39, 0.29) is 35.6 Å². The van der Waals surface area contributed by atoms with Crippen LogP contribution in [0.4, 0.5) is 5.69 Å². The second kappa shape index (κ2) is 8.29. The first-order chi connectivity index (χ1) is 14.8. The van der Waals surface area contributed by atoms with Crippen LogP contribution in [0.3, 0.4) is 0 Å². The van der Waals surface area contributed by atoms with E-state index < -0.39 is 0 Å². The lowest BCUT2D eigenvalue weighted by Crippen LogP contribution is -2.32. The number of benzene rings is 2. The molecule has 1 N–H and O–H groups in total. The van der Waals surface area contributed by atoms with Crippen molar-refractivity contribution < 1.29 is 14.4 Å². The van der Waals surface area contributed by atoms with Gasteiger partial charge >= 0.3 is 0 Å². The average Bonchev–Trinajstić information content (AvgIpc) is 3.33. The molecule has 1 aliphatic carbocycles. The first kappa shape index (κ1) is 21.3. The maximum atomic E-state index is 13.4. The molecule has 5 nitrogen and oxygen atoms in total. The lowest BCUT2D eigenvalue weighted by atomic mass is 9.92. The van der Waals surface area contributed by atoms with Crippen molar-refractivity contribution in [3.05, 3.63) is 64.2 Å². The molecule has 1 aliphatic heterocycles. The topological polar surface area (TPSA) is 66.5 Å². The predicted octanol–water partition coefficient (Wildman–Crippen LogP) is 5.41. The number of rotatable bonds is 5. The number of carbonyl (C=O) groups is 3. The minimum absolute atomic E-state index is 0.158. The summed E-state index contributed by atoms with van der Waals surface area (Å²) < 4.78 is 0. The van der Waals surface area contributed by atoms with Crippen LogP contribution in [0.15, 0.2) is 36.4 Å². The van der Waals surface area contributed by atoms with Crippen molar-refractivity contribution in [1.82, 2.24) is 5.32 Å². The van der Waals surface area contributed by atoms with Crippen molar-refractivity contribution in [2.45, 2.75) is 71.3 Å². The number of anilines is 1. The number of imide groups is 1. The van der Waals surface area contributed by atoms with Crippen LogP contribution in [0.5, 0.6) is 0 Å². The lowest BCUT2D eigenvalue weighted by molar-refractivity contribution is 0.0921. The van der Waals surface area contributed by atoms with E-state index in [1.807, 2.05) is 18.2 Å². The van der Waals surface area contributed by atoms with Gasteiger partial charge in [0.1, 0.15) is 0 Å². The van der Waals surface area contributed by atoms with Gasteiger partial charge in [0.15, 0.2) is 0 Å². The molecule has 0 bridgehead atoms. The van der Waals surface area contributed by atoms with Crippen molar-refractivity contribution in [2.75, 3.05) is 4.90 Å². The average molecular weight is 419 g/mol. The van der Waals surface area contributed by atoms with E-state index >= 15 is 0 Å². The minimum atomic E-state index is -0.356. The van der Waals surface area contributed by atoms with Gasteiger partial charge in [-0.2, -0.15) is 0 Å². The first-order valence-electron chi connectivity index (χ1n) is 11.3. The Hall–Kier alpha value is -2.95. The Morgan fingerprint density at radius 3 is 2.06 bits per heavy atom. The molecule has 0 atom stereocenters. The Balaban J connectivity index is 1.72. The summed E-state index contributed by atoms with van der Waals surface area (Å²) >= 11 is 0. The van der Waals surface area contributed by atoms with Gasteiger partial charge in [0.05, 0.1) is 16.8 Å². The molecule has 1 fully saturated rings. The fourth-order valence-corrected chi connectivity index (χ4v) is 4.69. The van der Waals surface area contributed by atoms with Gasteiger partial charge in [-0.1, -0.05) is 58.7 Å². The Morgan fingerprint density at radius 2 is 1.48 bits per heavy atom. The molecule has 1 saturated carbocycles. The summed E-state index contributed by atoms with van der Waals surface area (Å²) in [6, 6.07) is 11.0. The molecule has 2 aromatic carbocycles. The highest BCUT2D eigenvalue weighted by Crippen LogP contribution is 2.39. The molecule has 4 rings (SSSR count). The number of nitrogens with zero attached hydrogens (tertiary/aromatic N) is 1. The largest absolute Gasteiger partial charge is 0.349 e. The molecule has 1 heterocycles. The monoisotopic (exact) mass is 418 g/mol. The number of hydrogen-bond donors (Lipinski definition) is 1. The van der Waals surface area contributed by atoms with E-state index in [2.05, 4.69) is 33.0 Å². The molecule has 0 spiro atoms. The van der Waals surface area contributed by atoms with E-state index in [1.54, 1.807) is 18.2 Å². The molecule has 0 radical (unpaired) electrons. The number of fused-ring (bicyclic) bond motifs is 1. The van der Waals surface area contributed by atoms with Crippen molar-refractivity contribution >= 4 is 23.4 Å². The summed E-state index contributed by atoms with van der Waals surface area (Å²) in [5.41, 5.74) is 3.72. The quantitative estimate of drug-likeness (QED) is 0.661. The SMILES string of the molecule is CC(C)c1cccc(C(C)C)c1N1C(=O)c2ccc(C(=O)NC3CCCC3)cc2C1=O. The Morgan fingerprint density at radius 1 is 0.903 bits per heavy atom. The molecule has 2 aromatic rings. The highest BCUT2D eigenvalue weighted by atomic mass is 16.2. The second-order valence-corrected chi connectivity index (χ2v) is 9.26. The zero-order chi connectivity index (χ0) is 22.3. The fourth-order valence-electron chi connectivity index (χ4n) is 4.69. The molecule has 5 heteroatoms. The third-order valence-corrected chi connectivity index (χ3v) is 6.41. The maximum absolute atomic E-state index is 13.4. The molecule has 162 valence electrons. The Labute approximate surface area is 183 Å². The number of hydrogen-bond acceptors (Lipinski definition) is 3. The zero-order valence-corrected chi connectivity index (χ0v) is 18.7. The summed E-state index contributed by atoms with van der Waals surface area (Å²) in [6.07, 6.45) is 4.24. The molecule has 0 unspecified atom stereocenters. The highest BCUT2D eigenvalue weighted by molar-refractivity contribution is 6.35. The standard InChI is InChI=1S/C26H30N2O3/c1-15(2)19-10-7-11-20(16(3)4)23(19)28-25(30)21-13-12-17(14-22(21)26(28)31)24(29)27-18-8-5-6-9-18/h7,10-16,18H,5-6,8-9H2,1-4H3,(H,27,29). The number of nitrogens with one attached hydrogen (secondary N) is 1. The summed E-state index contributed by atoms with van der Waals surface area (Å²) in [6.45, 7) is 8.25. The molecule has 0 aromatic heterocycles. The van der Waals surface area contributed by atoms with Crippen molar-refractivity contribution in [2.24, 2.45) is 0 Å². The van der Waals surface area contributed by atoms with Crippen LogP contribution in [-0.4, -0.2) is 23.8 Å². The van der Waals surface area contributed by atoms with Crippen LogP contribution in [0, 0.1) is 0 Å². The summed E-state index contributed by atoms with van der Waals surface area (Å²) in [4.78, 5) is 40.8. The summed E-state index contributed by atoms with van der Waals surface area (Å²) in [5.74, 6) is -0.543. The molecule has 3 amide bonds. The molecule has 0 saturated heterocycles. The van der Waals surface area contributed by atoms with Crippen LogP contribution in [-0.2, 0) is 0 Å². The Kier molecular flexibility index (Phi) is 5.69. The predicted molar refractivity (Wildman–Crippen MR) is 122 cm³/mol. The van der Waals surface area contributed by atoms with Crippen LogP contribution in [0.25, 0.3) is 0 Å². The zero-order valence-electron chi connectivity index (χ0n) is 18.7. The van der Waals surface area contributed by atoms with Crippen LogP contribution in [0.1, 0.15) is 107 Å². The Bertz CT molecular complexity index is 1020. The van der Waals surface area contributed by atoms with E-state index in [0.717, 1.165) is 36.8 Å². The van der Waals surface area contributed by atoms with Gasteiger partial charge in [-0.3, -0.25) is 14.4 Å². The molecule has 31 heavy (non-hydrogen) atoms. The van der Waals surface area contributed by atoms with E-state index in [4.69, 9.17) is 0 Å². The van der Waals surface area contributed by atoms with Crippen LogP contribution < -0.4 is 10.2 Å². The van der Waals surface area contributed by atoms with E-state index in [1.165, 1.54) is 4.90 Å². The molecular weight excluding hydrogens is 388 g/mol. The lowest BCUT2D eigenvalue weighted by Gasteiger charge is -2.25. The van der Waals surface area contributed by atoms with Gasteiger partial charge in [-0.25, -0.2) is 4.90 Å². The van der Waals surface area contributed by atoms with Gasteiger partial charge in [-0.05, 0) is 54.0 Å². The van der Waals surface area contributed by atoms with Crippen molar-refractivity contribution in [1.29, 1.82) is 0 Å². The molecular formula is C26H30N2O3. The third-order valence-electron chi connectivity index (χ3n) is 6.41. The van der Waals surface area contributed by atoms with Gasteiger partial charge in [-0.15, -0.1) is 0 Å². The maximum Gasteiger partial charge on any atom is 0.266 e. The van der Waals surface area contributed by atoms with Crippen molar-refractivity contribution in [3.63, 3.8) is 0 Å². The fraction of sp³-hybridized carbons (Fsp3) is 0.423. The van der Waals surface area contributed by atoms with Gasteiger partial charge < -0.3 is 5.32 Å². The molecule has 2 aliphatic rings. The minimum Gasteiger partial charge on any atom is -0.349 e. The van der Waals surface area contributed by atoms with Gasteiger partial charge in [0.25, 0.3) is 17.7 Å². The highest BCUT2D eigenvalue weighted by Gasteiger charge is 2.39. The normalized spacial score (nSPS) is 16.5. The number of carbonyl (C=O) groups excluding carboxylic acids is 3. The number of amides is 3.